The number of H-pyrrole nitrogens is 1. The van der Waals surface area contributed by atoms with Crippen LogP contribution in [0.2, 0.25) is 0 Å². The zero-order chi connectivity index (χ0) is 15.2. The van der Waals surface area contributed by atoms with Gasteiger partial charge in [0, 0.05) is 16.7 Å². The number of aromatic nitrogens is 2. The van der Waals surface area contributed by atoms with Crippen LogP contribution in [-0.4, -0.2) is 28.8 Å². The van der Waals surface area contributed by atoms with E-state index in [9.17, 15) is 4.79 Å². The SMILES string of the molecule is CN.Nc1nc2c(c(=O)[nH]1)SC(CCc1cccs1)CN2. The highest BCUT2D eigenvalue weighted by atomic mass is 32.2. The maximum atomic E-state index is 11.8. The number of nitrogens with zero attached hydrogens (tertiary/aromatic N) is 1. The van der Waals surface area contributed by atoms with E-state index in [1.165, 1.54) is 11.9 Å². The van der Waals surface area contributed by atoms with Crippen molar-refractivity contribution in [2.45, 2.75) is 23.0 Å². The van der Waals surface area contributed by atoms with Crippen LogP contribution in [0.25, 0.3) is 0 Å². The van der Waals surface area contributed by atoms with Crippen LogP contribution in [0, 0.1) is 0 Å². The standard InChI is InChI=1S/C12H14N4OS2.CH5N/c13-12-15-10-9(11(17)16-12)19-8(6-14-10)4-3-7-2-1-5-18-7;1-2/h1-2,5,8H,3-4,6H2,(H4,13,14,15,16,17);2H2,1H3. The summed E-state index contributed by atoms with van der Waals surface area (Å²) in [5, 5.41) is 5.68. The second kappa shape index (κ2) is 7.48. The summed E-state index contributed by atoms with van der Waals surface area (Å²) in [7, 11) is 1.50. The van der Waals surface area contributed by atoms with Crippen LogP contribution in [0.4, 0.5) is 11.8 Å². The molecule has 1 atom stereocenters. The van der Waals surface area contributed by atoms with Crippen LogP contribution in [0.1, 0.15) is 11.3 Å². The predicted octanol–water partition coefficient (Wildman–Crippen LogP) is 1.51. The van der Waals surface area contributed by atoms with Gasteiger partial charge in [-0.2, -0.15) is 4.98 Å². The van der Waals surface area contributed by atoms with E-state index < -0.39 is 0 Å². The van der Waals surface area contributed by atoms with Crippen molar-refractivity contribution < 1.29 is 0 Å². The van der Waals surface area contributed by atoms with Gasteiger partial charge in [0.15, 0.2) is 0 Å². The molecule has 0 saturated heterocycles. The number of nitrogens with one attached hydrogen (secondary N) is 2. The van der Waals surface area contributed by atoms with Gasteiger partial charge in [0.2, 0.25) is 5.95 Å². The fraction of sp³-hybridized carbons (Fsp3) is 0.385. The molecule has 3 heterocycles. The number of fused-ring (bicyclic) bond motifs is 1. The van der Waals surface area contributed by atoms with Gasteiger partial charge in [0.1, 0.15) is 10.7 Å². The lowest BCUT2D eigenvalue weighted by Crippen LogP contribution is -2.28. The Morgan fingerprint density at radius 1 is 1.48 bits per heavy atom. The largest absolute Gasteiger partial charge is 0.369 e. The van der Waals surface area contributed by atoms with Gasteiger partial charge in [0.25, 0.3) is 5.56 Å². The number of hydrogen-bond acceptors (Lipinski definition) is 7. The normalized spacial score (nSPS) is 16.4. The van der Waals surface area contributed by atoms with E-state index in [0.29, 0.717) is 16.0 Å². The van der Waals surface area contributed by atoms with E-state index in [4.69, 9.17) is 5.73 Å². The lowest BCUT2D eigenvalue weighted by molar-refractivity contribution is 0.772. The first kappa shape index (κ1) is 15.9. The molecular formula is C13H19N5OS2. The summed E-state index contributed by atoms with van der Waals surface area (Å²) in [5.74, 6) is 0.771. The molecule has 0 radical (unpaired) electrons. The Bertz CT molecular complexity index is 626. The topological polar surface area (TPSA) is 110 Å². The molecule has 3 rings (SSSR count). The summed E-state index contributed by atoms with van der Waals surface area (Å²) in [4.78, 5) is 20.5. The van der Waals surface area contributed by atoms with Crippen molar-refractivity contribution >= 4 is 34.9 Å². The Hall–Kier alpha value is -1.51. The number of thioether (sulfide) groups is 1. The van der Waals surface area contributed by atoms with Crippen LogP contribution in [-0.2, 0) is 6.42 Å². The van der Waals surface area contributed by atoms with E-state index >= 15 is 0 Å². The highest BCUT2D eigenvalue weighted by Crippen LogP contribution is 2.33. The van der Waals surface area contributed by atoms with E-state index in [1.807, 2.05) is 0 Å². The minimum Gasteiger partial charge on any atom is -0.369 e. The monoisotopic (exact) mass is 325 g/mol. The lowest BCUT2D eigenvalue weighted by atomic mass is 10.2. The third-order valence-corrected chi connectivity index (χ3v) is 5.26. The number of nitrogen functional groups attached to an aromatic ring is 1. The highest BCUT2D eigenvalue weighted by molar-refractivity contribution is 8.00. The Morgan fingerprint density at radius 2 is 2.29 bits per heavy atom. The molecule has 1 aliphatic rings. The molecule has 114 valence electrons. The lowest BCUT2D eigenvalue weighted by Gasteiger charge is -2.23. The first-order valence-corrected chi connectivity index (χ1v) is 8.39. The Balaban J connectivity index is 0.000000774. The zero-order valence-electron chi connectivity index (χ0n) is 11.8. The molecule has 1 aliphatic heterocycles. The number of aryl methyl sites for hydroxylation is 1. The van der Waals surface area contributed by atoms with Gasteiger partial charge in [-0.05, 0) is 31.3 Å². The van der Waals surface area contributed by atoms with Crippen LogP contribution in [0.3, 0.4) is 0 Å². The van der Waals surface area contributed by atoms with Crippen molar-refractivity contribution in [3.05, 3.63) is 32.7 Å². The van der Waals surface area contributed by atoms with Gasteiger partial charge in [-0.15, -0.1) is 23.1 Å². The van der Waals surface area contributed by atoms with Crippen LogP contribution in [0.5, 0.6) is 0 Å². The van der Waals surface area contributed by atoms with Crippen molar-refractivity contribution in [2.24, 2.45) is 5.73 Å². The fourth-order valence-corrected chi connectivity index (χ4v) is 3.89. The van der Waals surface area contributed by atoms with Crippen molar-refractivity contribution in [3.63, 3.8) is 0 Å². The fourth-order valence-electron chi connectivity index (χ4n) is 2.05. The second-order valence-corrected chi connectivity index (χ2v) is 6.71. The van der Waals surface area contributed by atoms with Crippen molar-refractivity contribution in [1.29, 1.82) is 0 Å². The molecule has 0 saturated carbocycles. The molecular weight excluding hydrogens is 306 g/mol. The average molecular weight is 325 g/mol. The molecule has 8 heteroatoms. The molecule has 21 heavy (non-hydrogen) atoms. The molecule has 0 amide bonds. The van der Waals surface area contributed by atoms with Crippen molar-refractivity contribution in [1.82, 2.24) is 9.97 Å². The van der Waals surface area contributed by atoms with Crippen molar-refractivity contribution in [2.75, 3.05) is 24.6 Å². The van der Waals surface area contributed by atoms with E-state index in [0.717, 1.165) is 19.4 Å². The molecule has 6 nitrogen and oxygen atoms in total. The number of nitrogens with two attached hydrogens (primary N) is 2. The Labute approximate surface area is 131 Å². The van der Waals surface area contributed by atoms with Gasteiger partial charge in [0.05, 0.1) is 0 Å². The summed E-state index contributed by atoms with van der Waals surface area (Å²) in [6.45, 7) is 0.818. The number of hydrogen-bond donors (Lipinski definition) is 4. The summed E-state index contributed by atoms with van der Waals surface area (Å²) in [6.07, 6.45) is 2.09. The molecule has 6 N–H and O–H groups in total. The highest BCUT2D eigenvalue weighted by Gasteiger charge is 2.23. The third-order valence-electron chi connectivity index (χ3n) is 2.97. The van der Waals surface area contributed by atoms with Gasteiger partial charge < -0.3 is 16.8 Å². The van der Waals surface area contributed by atoms with Gasteiger partial charge in [-0.25, -0.2) is 0 Å². The smallest absolute Gasteiger partial charge is 0.268 e. The quantitative estimate of drug-likeness (QED) is 0.681. The van der Waals surface area contributed by atoms with Crippen molar-refractivity contribution in [3.8, 4) is 0 Å². The maximum absolute atomic E-state index is 11.8. The number of thiophene rings is 1. The summed E-state index contributed by atoms with van der Waals surface area (Å²) in [6, 6.07) is 4.22. The minimum absolute atomic E-state index is 0.152. The average Bonchev–Trinajstić information content (AvgIpc) is 3.01. The number of aromatic amines is 1. The number of rotatable bonds is 3. The molecule has 2 aromatic rings. The second-order valence-electron chi connectivity index (χ2n) is 4.37. The Kier molecular flexibility index (Phi) is 5.66. The maximum Gasteiger partial charge on any atom is 0.268 e. The zero-order valence-corrected chi connectivity index (χ0v) is 13.4. The molecule has 0 bridgehead atoms. The van der Waals surface area contributed by atoms with Crippen LogP contribution in [0.15, 0.2) is 27.2 Å². The molecule has 0 aliphatic carbocycles. The molecule has 0 fully saturated rings. The van der Waals surface area contributed by atoms with Gasteiger partial charge in [-0.1, -0.05) is 6.07 Å². The van der Waals surface area contributed by atoms with Crippen LogP contribution >= 0.6 is 23.1 Å². The van der Waals surface area contributed by atoms with Gasteiger partial charge >= 0.3 is 0 Å². The molecule has 2 aromatic heterocycles. The summed E-state index contributed by atoms with van der Waals surface area (Å²) < 4.78 is 0. The van der Waals surface area contributed by atoms with E-state index in [2.05, 4.69) is 38.5 Å². The van der Waals surface area contributed by atoms with E-state index in [1.54, 1.807) is 23.1 Å². The first-order chi connectivity index (χ1) is 10.2. The first-order valence-electron chi connectivity index (χ1n) is 6.63. The molecule has 0 spiro atoms. The van der Waals surface area contributed by atoms with E-state index in [-0.39, 0.29) is 11.5 Å². The number of anilines is 2. The molecule has 1 unspecified atom stereocenters. The third kappa shape index (κ3) is 3.99. The van der Waals surface area contributed by atoms with Crippen LogP contribution < -0.4 is 22.3 Å². The van der Waals surface area contributed by atoms with Gasteiger partial charge in [-0.3, -0.25) is 9.78 Å². The Morgan fingerprint density at radius 3 is 3.00 bits per heavy atom. The summed E-state index contributed by atoms with van der Waals surface area (Å²) in [5.41, 5.74) is 9.87. The minimum atomic E-state index is -0.152. The summed E-state index contributed by atoms with van der Waals surface area (Å²) >= 11 is 3.37. The molecule has 0 aromatic carbocycles. The predicted molar refractivity (Wildman–Crippen MR) is 90.2 cm³/mol.